The number of hydrogen-bond donors (Lipinski definition) is 2. The maximum absolute atomic E-state index is 12.1. The molecule has 2 N–H and O–H groups in total. The molecule has 0 unspecified atom stereocenters. The number of sulfonamides is 1. The second kappa shape index (κ2) is 4.99. The Morgan fingerprint density at radius 1 is 1.50 bits per heavy atom. The van der Waals surface area contributed by atoms with Gasteiger partial charge in [0.2, 0.25) is 0 Å². The lowest BCUT2D eigenvalue weighted by atomic mass is 10.0. The van der Waals surface area contributed by atoms with Crippen molar-refractivity contribution in [2.45, 2.75) is 43.9 Å². The fraction of sp³-hybridized carbons (Fsp3) is 0.545. The summed E-state index contributed by atoms with van der Waals surface area (Å²) in [6.07, 6.45) is 0.641. The van der Waals surface area contributed by atoms with Crippen molar-refractivity contribution in [3.63, 3.8) is 0 Å². The van der Waals surface area contributed by atoms with Gasteiger partial charge in [-0.2, -0.15) is 0 Å². The zero-order valence-corrected chi connectivity index (χ0v) is 12.4. The molecule has 1 rings (SSSR count). The number of carboxylic acid groups (broad SMARTS) is 1. The molecule has 0 aliphatic rings. The molecular weight excluding hydrogens is 274 g/mol. The molecule has 1 aromatic heterocycles. The van der Waals surface area contributed by atoms with Crippen LogP contribution in [0.25, 0.3) is 0 Å². The number of aryl methyl sites for hydroxylation is 1. The van der Waals surface area contributed by atoms with Gasteiger partial charge >= 0.3 is 5.97 Å². The number of aromatic carboxylic acids is 1. The predicted octanol–water partition coefficient (Wildman–Crippen LogP) is 2.22. The number of nitrogens with one attached hydrogen (secondary N) is 1. The second-order valence-electron chi connectivity index (χ2n) is 4.73. The summed E-state index contributed by atoms with van der Waals surface area (Å²) in [5.41, 5.74) is -0.0951. The maximum atomic E-state index is 12.1. The van der Waals surface area contributed by atoms with Gasteiger partial charge in [0, 0.05) is 5.54 Å². The Morgan fingerprint density at radius 2 is 2.06 bits per heavy atom. The summed E-state index contributed by atoms with van der Waals surface area (Å²) in [5, 5.41) is 8.92. The molecule has 0 amide bonds. The smallest absolute Gasteiger partial charge is 0.346 e. The van der Waals surface area contributed by atoms with E-state index in [0.717, 1.165) is 11.3 Å². The fourth-order valence-corrected chi connectivity index (χ4v) is 4.15. The first-order valence-electron chi connectivity index (χ1n) is 5.47. The van der Waals surface area contributed by atoms with Crippen LogP contribution < -0.4 is 4.72 Å². The van der Waals surface area contributed by atoms with Crippen LogP contribution in [0.3, 0.4) is 0 Å². The van der Waals surface area contributed by atoms with E-state index in [9.17, 15) is 13.2 Å². The lowest BCUT2D eigenvalue weighted by molar-refractivity contribution is 0.0701. The highest BCUT2D eigenvalue weighted by Gasteiger charge is 2.27. The van der Waals surface area contributed by atoms with Gasteiger partial charge in [0.1, 0.15) is 9.09 Å². The highest BCUT2D eigenvalue weighted by atomic mass is 32.2. The third-order valence-corrected chi connectivity index (χ3v) is 6.05. The molecule has 1 aromatic rings. The Hall–Kier alpha value is -0.920. The van der Waals surface area contributed by atoms with Crippen LogP contribution in [0.4, 0.5) is 0 Å². The molecule has 18 heavy (non-hydrogen) atoms. The topological polar surface area (TPSA) is 83.5 Å². The van der Waals surface area contributed by atoms with E-state index < -0.39 is 21.5 Å². The summed E-state index contributed by atoms with van der Waals surface area (Å²) >= 11 is 0.776. The molecule has 5 nitrogen and oxygen atoms in total. The normalized spacial score (nSPS) is 12.7. The van der Waals surface area contributed by atoms with Crippen molar-refractivity contribution >= 4 is 27.3 Å². The van der Waals surface area contributed by atoms with E-state index in [1.54, 1.807) is 20.8 Å². The zero-order chi connectivity index (χ0) is 14.1. The van der Waals surface area contributed by atoms with E-state index in [2.05, 4.69) is 4.72 Å². The van der Waals surface area contributed by atoms with Crippen LogP contribution >= 0.6 is 11.3 Å². The number of rotatable bonds is 5. The van der Waals surface area contributed by atoms with Gasteiger partial charge < -0.3 is 5.11 Å². The van der Waals surface area contributed by atoms with Crippen molar-refractivity contribution in [2.75, 3.05) is 0 Å². The highest BCUT2D eigenvalue weighted by Crippen LogP contribution is 2.27. The predicted molar refractivity (Wildman–Crippen MR) is 70.7 cm³/mol. The third-order valence-electron chi connectivity index (χ3n) is 2.65. The molecule has 0 saturated carbocycles. The van der Waals surface area contributed by atoms with Crippen LogP contribution in [-0.2, 0) is 10.0 Å². The summed E-state index contributed by atoms with van der Waals surface area (Å²) < 4.78 is 26.8. The van der Waals surface area contributed by atoms with Crippen LogP contribution in [0, 0.1) is 6.92 Å². The minimum Gasteiger partial charge on any atom is -0.477 e. The van der Waals surface area contributed by atoms with Gasteiger partial charge in [0.05, 0.1) is 0 Å². The van der Waals surface area contributed by atoms with Crippen LogP contribution in [-0.4, -0.2) is 25.0 Å². The minimum absolute atomic E-state index is 0.0407. The van der Waals surface area contributed by atoms with E-state index in [-0.39, 0.29) is 9.09 Å². The first-order valence-corrected chi connectivity index (χ1v) is 7.77. The molecule has 0 radical (unpaired) electrons. The van der Waals surface area contributed by atoms with Gasteiger partial charge in [0.25, 0.3) is 10.0 Å². The minimum atomic E-state index is -3.66. The second-order valence-corrected chi connectivity index (χ2v) is 7.69. The van der Waals surface area contributed by atoms with Gasteiger partial charge in [-0.1, -0.05) is 6.92 Å². The van der Waals surface area contributed by atoms with E-state index in [4.69, 9.17) is 5.11 Å². The Labute approximate surface area is 111 Å². The van der Waals surface area contributed by atoms with Crippen molar-refractivity contribution in [2.24, 2.45) is 0 Å². The van der Waals surface area contributed by atoms with Gasteiger partial charge in [-0.05, 0) is 38.8 Å². The van der Waals surface area contributed by atoms with Gasteiger partial charge in [-0.15, -0.1) is 11.3 Å². The molecule has 0 fully saturated rings. The van der Waals surface area contributed by atoms with Crippen molar-refractivity contribution in [1.29, 1.82) is 0 Å². The average Bonchev–Trinajstić information content (AvgIpc) is 2.59. The lowest BCUT2D eigenvalue weighted by Crippen LogP contribution is -2.42. The molecule has 1 heterocycles. The summed E-state index contributed by atoms with van der Waals surface area (Å²) in [6.45, 7) is 7.03. The SMILES string of the molecule is CCC(C)(C)NS(=O)(=O)c1cc(C)c(C(=O)O)s1. The lowest BCUT2D eigenvalue weighted by Gasteiger charge is -2.23. The van der Waals surface area contributed by atoms with E-state index in [1.165, 1.54) is 6.07 Å². The average molecular weight is 291 g/mol. The number of carboxylic acids is 1. The van der Waals surface area contributed by atoms with Crippen LogP contribution in [0.15, 0.2) is 10.3 Å². The first kappa shape index (κ1) is 15.1. The van der Waals surface area contributed by atoms with Crippen molar-refractivity contribution in [1.82, 2.24) is 4.72 Å². The zero-order valence-electron chi connectivity index (χ0n) is 10.8. The molecule has 0 aromatic carbocycles. The Balaban J connectivity index is 3.14. The van der Waals surface area contributed by atoms with Crippen molar-refractivity contribution in [3.05, 3.63) is 16.5 Å². The molecule has 0 spiro atoms. The van der Waals surface area contributed by atoms with Crippen molar-refractivity contribution in [3.8, 4) is 0 Å². The number of thiophene rings is 1. The summed E-state index contributed by atoms with van der Waals surface area (Å²) in [6, 6.07) is 1.39. The van der Waals surface area contributed by atoms with Crippen LogP contribution in [0.5, 0.6) is 0 Å². The molecule has 0 aliphatic heterocycles. The highest BCUT2D eigenvalue weighted by molar-refractivity contribution is 7.91. The number of carbonyl (C=O) groups is 1. The largest absolute Gasteiger partial charge is 0.477 e. The molecule has 0 saturated heterocycles. The summed E-state index contributed by atoms with van der Waals surface area (Å²) in [4.78, 5) is 11.0. The Kier molecular flexibility index (Phi) is 4.19. The molecule has 0 aliphatic carbocycles. The number of hydrogen-bond acceptors (Lipinski definition) is 4. The van der Waals surface area contributed by atoms with E-state index >= 15 is 0 Å². The molecule has 7 heteroatoms. The van der Waals surface area contributed by atoms with E-state index in [1.807, 2.05) is 6.92 Å². The maximum Gasteiger partial charge on any atom is 0.346 e. The monoisotopic (exact) mass is 291 g/mol. The molecular formula is C11H17NO4S2. The summed E-state index contributed by atoms with van der Waals surface area (Å²) in [7, 11) is -3.66. The fourth-order valence-electron chi connectivity index (χ4n) is 1.28. The van der Waals surface area contributed by atoms with Crippen LogP contribution in [0.2, 0.25) is 0 Å². The third kappa shape index (κ3) is 3.30. The molecule has 0 atom stereocenters. The Morgan fingerprint density at radius 3 is 2.44 bits per heavy atom. The molecule has 0 bridgehead atoms. The standard InChI is InChI=1S/C11H17NO4S2/c1-5-11(3,4)12-18(15,16)8-6-7(2)9(17-8)10(13)14/h6,12H,5H2,1-4H3,(H,13,14). The van der Waals surface area contributed by atoms with E-state index in [0.29, 0.717) is 12.0 Å². The first-order chi connectivity index (χ1) is 8.09. The van der Waals surface area contributed by atoms with Gasteiger partial charge in [-0.25, -0.2) is 17.9 Å². The Bertz CT molecular complexity index is 558. The van der Waals surface area contributed by atoms with Gasteiger partial charge in [-0.3, -0.25) is 0 Å². The summed E-state index contributed by atoms with van der Waals surface area (Å²) in [5.74, 6) is -1.10. The van der Waals surface area contributed by atoms with Crippen LogP contribution in [0.1, 0.15) is 42.4 Å². The quantitative estimate of drug-likeness (QED) is 0.871. The van der Waals surface area contributed by atoms with Gasteiger partial charge in [0.15, 0.2) is 0 Å². The molecule has 102 valence electrons. The van der Waals surface area contributed by atoms with Crippen molar-refractivity contribution < 1.29 is 18.3 Å².